The third-order valence-electron chi connectivity index (χ3n) is 0.921. The largest absolute Gasteiger partial charge is 0.254 e. The van der Waals surface area contributed by atoms with Gasteiger partial charge in [0.25, 0.3) is 0 Å². The van der Waals surface area contributed by atoms with E-state index < -0.39 is 0 Å². The lowest BCUT2D eigenvalue weighted by Crippen LogP contribution is -2.23. The van der Waals surface area contributed by atoms with E-state index in [-0.39, 0.29) is 5.38 Å². The number of nitrogens with one attached hydrogen (secondary N) is 1. The zero-order valence-electron chi connectivity index (χ0n) is 4.19. The van der Waals surface area contributed by atoms with Gasteiger partial charge in [0, 0.05) is 13.6 Å². The van der Waals surface area contributed by atoms with Crippen molar-refractivity contribution in [3.05, 3.63) is 6.54 Å². The van der Waals surface area contributed by atoms with E-state index in [0.717, 1.165) is 6.54 Å². The molecule has 1 radical (unpaired) electrons. The van der Waals surface area contributed by atoms with E-state index in [1.807, 2.05) is 18.6 Å². The Labute approximate surface area is 48.4 Å². The normalized spacial score (nSPS) is 34.3. The number of alkyl halides is 1. The minimum Gasteiger partial charge on any atom is -0.254 e. The van der Waals surface area contributed by atoms with Crippen LogP contribution >= 0.6 is 11.6 Å². The highest BCUT2D eigenvalue weighted by atomic mass is 35.5. The van der Waals surface area contributed by atoms with Gasteiger partial charge in [0.2, 0.25) is 0 Å². The van der Waals surface area contributed by atoms with Gasteiger partial charge < -0.3 is 0 Å². The number of halogens is 1. The van der Waals surface area contributed by atoms with Crippen LogP contribution in [0.25, 0.3) is 0 Å². The summed E-state index contributed by atoms with van der Waals surface area (Å²) in [5.41, 5.74) is 3.02. The van der Waals surface area contributed by atoms with Crippen LogP contribution in [0.5, 0.6) is 0 Å². The van der Waals surface area contributed by atoms with Crippen LogP contribution < -0.4 is 5.43 Å². The maximum Gasteiger partial charge on any atom is 0.0660 e. The quantitative estimate of drug-likeness (QED) is 0.459. The number of nitrogens with zero attached hydrogens (tertiary/aromatic N) is 1. The summed E-state index contributed by atoms with van der Waals surface area (Å²) in [6.07, 6.45) is 0. The molecule has 1 fully saturated rings. The average Bonchev–Trinajstić information content (AvgIpc) is 1.87. The molecule has 1 unspecified atom stereocenters. The molecule has 0 aromatic carbocycles. The number of hydrazine groups is 1. The van der Waals surface area contributed by atoms with Crippen LogP contribution in [0.3, 0.4) is 0 Å². The van der Waals surface area contributed by atoms with Gasteiger partial charge in [0.05, 0.1) is 11.9 Å². The summed E-state index contributed by atoms with van der Waals surface area (Å²) < 4.78 is 0. The molecule has 0 spiro atoms. The van der Waals surface area contributed by atoms with Crippen LogP contribution in [0.4, 0.5) is 0 Å². The van der Waals surface area contributed by atoms with Crippen molar-refractivity contribution < 1.29 is 0 Å². The van der Waals surface area contributed by atoms with E-state index in [4.69, 9.17) is 11.6 Å². The summed E-state index contributed by atoms with van der Waals surface area (Å²) in [5, 5.41) is 2.06. The SMILES string of the molecule is CN1[CH]C(Cl)CN1. The van der Waals surface area contributed by atoms with Crippen molar-refractivity contribution in [2.24, 2.45) is 0 Å². The molecule has 0 aromatic rings. The van der Waals surface area contributed by atoms with Gasteiger partial charge in [-0.25, -0.2) is 5.01 Å². The van der Waals surface area contributed by atoms with Crippen LogP contribution in [-0.4, -0.2) is 24.0 Å². The first-order chi connectivity index (χ1) is 3.29. The molecular weight excluding hydrogens is 112 g/mol. The fraction of sp³-hybridized carbons (Fsp3) is 0.750. The molecule has 0 aromatic heterocycles. The van der Waals surface area contributed by atoms with Gasteiger partial charge in [-0.15, -0.1) is 11.6 Å². The lowest BCUT2D eigenvalue weighted by Gasteiger charge is -2.02. The Bertz CT molecular complexity index is 58.7. The summed E-state index contributed by atoms with van der Waals surface area (Å²) in [7, 11) is 1.93. The second kappa shape index (κ2) is 1.99. The predicted octanol–water partition coefficient (Wildman–Crippen LogP) is 0.206. The fourth-order valence-electron chi connectivity index (χ4n) is 0.579. The first kappa shape index (κ1) is 5.35. The Morgan fingerprint density at radius 1 is 2.00 bits per heavy atom. The van der Waals surface area contributed by atoms with Gasteiger partial charge in [-0.3, -0.25) is 5.43 Å². The first-order valence-corrected chi connectivity index (χ1v) is 2.68. The maximum atomic E-state index is 5.65. The highest BCUT2D eigenvalue weighted by Gasteiger charge is 2.15. The second-order valence-electron chi connectivity index (χ2n) is 1.64. The van der Waals surface area contributed by atoms with Crippen LogP contribution in [0, 0.1) is 6.54 Å². The molecule has 2 nitrogen and oxygen atoms in total. The van der Waals surface area contributed by atoms with Crippen molar-refractivity contribution in [1.29, 1.82) is 0 Å². The van der Waals surface area contributed by atoms with E-state index in [9.17, 15) is 0 Å². The molecule has 41 valence electrons. The lowest BCUT2D eigenvalue weighted by atomic mass is 10.5. The maximum absolute atomic E-state index is 5.65. The fourth-order valence-corrected chi connectivity index (χ4v) is 0.817. The molecule has 0 bridgehead atoms. The average molecular weight is 120 g/mol. The molecule has 0 saturated carbocycles. The molecule has 3 heteroatoms. The predicted molar refractivity (Wildman–Crippen MR) is 29.7 cm³/mol. The molecular formula is C4H8ClN2. The summed E-state index contributed by atoms with van der Waals surface area (Å²) in [6, 6.07) is 0. The topological polar surface area (TPSA) is 15.3 Å². The van der Waals surface area contributed by atoms with Crippen molar-refractivity contribution >= 4 is 11.6 Å². The van der Waals surface area contributed by atoms with Gasteiger partial charge in [0.1, 0.15) is 0 Å². The monoisotopic (exact) mass is 119 g/mol. The van der Waals surface area contributed by atoms with Crippen LogP contribution in [0.15, 0.2) is 0 Å². The van der Waals surface area contributed by atoms with Crippen molar-refractivity contribution in [2.45, 2.75) is 5.38 Å². The third kappa shape index (κ3) is 1.30. The molecule has 1 rings (SSSR count). The zero-order chi connectivity index (χ0) is 5.28. The van der Waals surface area contributed by atoms with Crippen molar-refractivity contribution in [3.8, 4) is 0 Å². The summed E-state index contributed by atoms with van der Waals surface area (Å²) >= 11 is 5.65. The minimum absolute atomic E-state index is 0.185. The molecule has 7 heavy (non-hydrogen) atoms. The standard InChI is InChI=1S/C4H8ClN2/c1-7-3-4(5)2-6-7/h3-4,6H,2H2,1H3. The highest BCUT2D eigenvalue weighted by molar-refractivity contribution is 6.21. The van der Waals surface area contributed by atoms with Crippen molar-refractivity contribution in [2.75, 3.05) is 13.6 Å². The Hall–Kier alpha value is 0.210. The Morgan fingerprint density at radius 3 is 2.86 bits per heavy atom. The summed E-state index contributed by atoms with van der Waals surface area (Å²) in [5.74, 6) is 0. The van der Waals surface area contributed by atoms with Crippen molar-refractivity contribution in [1.82, 2.24) is 10.4 Å². The van der Waals surface area contributed by atoms with E-state index in [1.54, 1.807) is 0 Å². The van der Waals surface area contributed by atoms with Gasteiger partial charge >= 0.3 is 0 Å². The van der Waals surface area contributed by atoms with Crippen LogP contribution in [0.1, 0.15) is 0 Å². The first-order valence-electron chi connectivity index (χ1n) is 2.24. The van der Waals surface area contributed by atoms with Gasteiger partial charge in [-0.05, 0) is 0 Å². The summed E-state index contributed by atoms with van der Waals surface area (Å²) in [6.45, 7) is 2.79. The molecule has 1 N–H and O–H groups in total. The van der Waals surface area contributed by atoms with E-state index in [1.165, 1.54) is 0 Å². The van der Waals surface area contributed by atoms with E-state index >= 15 is 0 Å². The number of rotatable bonds is 0. The van der Waals surface area contributed by atoms with Crippen LogP contribution in [0.2, 0.25) is 0 Å². The molecule has 1 aliphatic heterocycles. The Morgan fingerprint density at radius 2 is 2.71 bits per heavy atom. The highest BCUT2D eigenvalue weighted by Crippen LogP contribution is 2.06. The Kier molecular flexibility index (Phi) is 1.52. The number of hydrogen-bond donors (Lipinski definition) is 1. The molecule has 1 heterocycles. The third-order valence-corrected chi connectivity index (χ3v) is 1.19. The smallest absolute Gasteiger partial charge is 0.0660 e. The van der Waals surface area contributed by atoms with Gasteiger partial charge in [0.15, 0.2) is 0 Å². The molecule has 1 aliphatic rings. The zero-order valence-corrected chi connectivity index (χ0v) is 4.94. The molecule has 1 atom stereocenters. The molecule has 0 amide bonds. The van der Waals surface area contributed by atoms with Gasteiger partial charge in [-0.1, -0.05) is 0 Å². The van der Waals surface area contributed by atoms with Crippen LogP contribution in [-0.2, 0) is 0 Å². The molecule has 0 aliphatic carbocycles. The lowest BCUT2D eigenvalue weighted by molar-refractivity contribution is 0.359. The second-order valence-corrected chi connectivity index (χ2v) is 2.20. The van der Waals surface area contributed by atoms with E-state index in [0.29, 0.717) is 0 Å². The Balaban J connectivity index is 2.26. The van der Waals surface area contributed by atoms with E-state index in [2.05, 4.69) is 5.43 Å². The molecule has 1 saturated heterocycles. The number of hydrogen-bond acceptors (Lipinski definition) is 2. The van der Waals surface area contributed by atoms with Crippen molar-refractivity contribution in [3.63, 3.8) is 0 Å². The minimum atomic E-state index is 0.185. The van der Waals surface area contributed by atoms with Gasteiger partial charge in [-0.2, -0.15) is 0 Å². The summed E-state index contributed by atoms with van der Waals surface area (Å²) in [4.78, 5) is 0.